The van der Waals surface area contributed by atoms with Crippen LogP contribution in [0.25, 0.3) is 0 Å². The van der Waals surface area contributed by atoms with Crippen LogP contribution in [0.3, 0.4) is 0 Å². The maximum atomic E-state index is 12.7. The van der Waals surface area contributed by atoms with Gasteiger partial charge in [0.15, 0.2) is 0 Å². The summed E-state index contributed by atoms with van der Waals surface area (Å²) < 4.78 is 6.56. The topological polar surface area (TPSA) is 41.9 Å². The molecule has 1 fully saturated rings. The zero-order valence-corrected chi connectivity index (χ0v) is 16.9. The molecule has 4 nitrogen and oxygen atoms in total. The van der Waals surface area contributed by atoms with E-state index in [4.69, 9.17) is 21.4 Å². The molecule has 2 atom stereocenters. The quantitative estimate of drug-likeness (QED) is 0.653. The lowest BCUT2D eigenvalue weighted by Crippen LogP contribution is -2.59. The third-order valence-corrected chi connectivity index (χ3v) is 6.20. The molecule has 0 amide bonds. The molecule has 2 heterocycles. The number of hydrogen-bond donors (Lipinski definition) is 0. The summed E-state index contributed by atoms with van der Waals surface area (Å²) in [5.41, 5.74) is 2.31. The number of fused-ring (bicyclic) bond motifs is 4. The highest BCUT2D eigenvalue weighted by Gasteiger charge is 2.56. The minimum Gasteiger partial charge on any atom is -0.466 e. The van der Waals surface area contributed by atoms with Crippen LogP contribution in [0, 0.1) is 5.41 Å². The Morgan fingerprint density at radius 3 is 2.68 bits per heavy atom. The third-order valence-electron chi connectivity index (χ3n) is 5.97. The van der Waals surface area contributed by atoms with E-state index in [1.807, 2.05) is 36.4 Å². The summed E-state index contributed by atoms with van der Waals surface area (Å²) in [5.74, 6) is 1.05. The number of Topliss-reactive ketones (excluding diaryl/α,β-unsaturated/α-hetero) is 1. The van der Waals surface area contributed by atoms with Crippen LogP contribution >= 0.6 is 11.6 Å². The highest BCUT2D eigenvalue weighted by Crippen LogP contribution is 2.54. The second-order valence-electron chi connectivity index (χ2n) is 8.94. The van der Waals surface area contributed by atoms with Gasteiger partial charge in [-0.25, -0.2) is 5.01 Å². The van der Waals surface area contributed by atoms with Crippen molar-refractivity contribution >= 4 is 23.1 Å². The Hall–Kier alpha value is -2.33. The van der Waals surface area contributed by atoms with Crippen molar-refractivity contribution in [3.63, 3.8) is 0 Å². The van der Waals surface area contributed by atoms with Crippen LogP contribution in [-0.2, 0) is 4.79 Å². The summed E-state index contributed by atoms with van der Waals surface area (Å²) in [4.78, 5) is 12.7. The fourth-order valence-electron chi connectivity index (χ4n) is 5.07. The highest BCUT2D eigenvalue weighted by atomic mass is 35.5. The number of ketones is 1. The SMILES string of the molecule is CC1(C)CC(=O)CC2(C1)Oc1ccc(Cl)cc1C1CC(c3ccccc3)=NN12. The van der Waals surface area contributed by atoms with Gasteiger partial charge in [-0.2, -0.15) is 5.10 Å². The Morgan fingerprint density at radius 1 is 1.14 bits per heavy atom. The molecule has 1 spiro atoms. The van der Waals surface area contributed by atoms with E-state index in [0.717, 1.165) is 35.4 Å². The van der Waals surface area contributed by atoms with E-state index in [0.29, 0.717) is 17.9 Å². The molecule has 0 bridgehead atoms. The Morgan fingerprint density at radius 2 is 1.93 bits per heavy atom. The third kappa shape index (κ3) is 2.82. The average Bonchev–Trinajstić information content (AvgIpc) is 3.08. The van der Waals surface area contributed by atoms with Crippen molar-refractivity contribution in [1.29, 1.82) is 0 Å². The molecule has 28 heavy (non-hydrogen) atoms. The van der Waals surface area contributed by atoms with E-state index in [1.54, 1.807) is 0 Å². The van der Waals surface area contributed by atoms with Gasteiger partial charge < -0.3 is 4.74 Å². The summed E-state index contributed by atoms with van der Waals surface area (Å²) in [7, 11) is 0. The zero-order chi connectivity index (χ0) is 19.5. The Bertz CT molecular complexity index is 985. The Balaban J connectivity index is 1.65. The van der Waals surface area contributed by atoms with Crippen molar-refractivity contribution in [2.24, 2.45) is 10.5 Å². The minimum atomic E-state index is -0.735. The maximum Gasteiger partial charge on any atom is 0.205 e. The van der Waals surface area contributed by atoms with Gasteiger partial charge in [-0.1, -0.05) is 55.8 Å². The van der Waals surface area contributed by atoms with Gasteiger partial charge in [0.05, 0.1) is 18.2 Å². The van der Waals surface area contributed by atoms with E-state index in [-0.39, 0.29) is 17.2 Å². The summed E-state index contributed by atoms with van der Waals surface area (Å²) in [6.45, 7) is 4.28. The normalized spacial score (nSPS) is 27.8. The molecule has 144 valence electrons. The van der Waals surface area contributed by atoms with E-state index in [1.165, 1.54) is 0 Å². The Kier molecular flexibility index (Phi) is 3.86. The van der Waals surface area contributed by atoms with E-state index in [9.17, 15) is 4.79 Å². The van der Waals surface area contributed by atoms with Crippen LogP contribution in [-0.4, -0.2) is 22.2 Å². The number of benzene rings is 2. The van der Waals surface area contributed by atoms with E-state index < -0.39 is 5.72 Å². The van der Waals surface area contributed by atoms with E-state index >= 15 is 0 Å². The first-order valence-corrected chi connectivity index (χ1v) is 10.2. The molecular weight excluding hydrogens is 372 g/mol. The smallest absolute Gasteiger partial charge is 0.205 e. The van der Waals surface area contributed by atoms with Gasteiger partial charge in [-0.05, 0) is 29.2 Å². The van der Waals surface area contributed by atoms with Gasteiger partial charge in [0.2, 0.25) is 5.72 Å². The van der Waals surface area contributed by atoms with Crippen molar-refractivity contribution in [1.82, 2.24) is 5.01 Å². The summed E-state index contributed by atoms with van der Waals surface area (Å²) in [5, 5.41) is 7.76. The maximum absolute atomic E-state index is 12.7. The minimum absolute atomic E-state index is 0.0272. The molecule has 2 aliphatic heterocycles. The van der Waals surface area contributed by atoms with Gasteiger partial charge >= 0.3 is 0 Å². The first-order valence-electron chi connectivity index (χ1n) is 9.78. The molecule has 5 heteroatoms. The molecule has 5 rings (SSSR count). The van der Waals surface area contributed by atoms with Crippen LogP contribution in [0.4, 0.5) is 0 Å². The molecule has 0 saturated heterocycles. The fourth-order valence-corrected chi connectivity index (χ4v) is 5.25. The number of hydrazone groups is 1. The number of ether oxygens (including phenoxy) is 1. The van der Waals surface area contributed by atoms with Crippen molar-refractivity contribution in [2.45, 2.75) is 51.3 Å². The Labute approximate surface area is 170 Å². The number of nitrogens with zero attached hydrogens (tertiary/aromatic N) is 2. The lowest BCUT2D eigenvalue weighted by atomic mass is 9.71. The number of carbonyl (C=O) groups excluding carboxylic acids is 1. The van der Waals surface area contributed by atoms with Gasteiger partial charge in [-0.3, -0.25) is 4.79 Å². The van der Waals surface area contributed by atoms with Crippen LogP contribution < -0.4 is 4.74 Å². The first-order chi connectivity index (χ1) is 13.4. The average molecular weight is 395 g/mol. The molecule has 3 aliphatic rings. The molecular formula is C23H23ClN2O2. The lowest BCUT2D eigenvalue weighted by molar-refractivity contribution is -0.171. The second kappa shape index (κ2) is 6.08. The molecule has 1 aliphatic carbocycles. The van der Waals surface area contributed by atoms with E-state index in [2.05, 4.69) is 31.0 Å². The molecule has 2 unspecified atom stereocenters. The monoisotopic (exact) mass is 394 g/mol. The number of rotatable bonds is 1. The van der Waals surface area contributed by atoms with Crippen LogP contribution in [0.5, 0.6) is 5.75 Å². The first kappa shape index (κ1) is 17.7. The highest BCUT2D eigenvalue weighted by molar-refractivity contribution is 6.30. The van der Waals surface area contributed by atoms with Crippen molar-refractivity contribution in [3.05, 3.63) is 64.7 Å². The summed E-state index contributed by atoms with van der Waals surface area (Å²) in [6, 6.07) is 16.0. The lowest BCUT2D eigenvalue weighted by Gasteiger charge is -2.52. The molecule has 2 aromatic carbocycles. The van der Waals surface area contributed by atoms with Crippen LogP contribution in [0.15, 0.2) is 53.6 Å². The summed E-state index contributed by atoms with van der Waals surface area (Å²) in [6.07, 6.45) is 2.48. The predicted molar refractivity (Wildman–Crippen MR) is 110 cm³/mol. The zero-order valence-electron chi connectivity index (χ0n) is 16.1. The molecule has 0 radical (unpaired) electrons. The molecule has 1 saturated carbocycles. The van der Waals surface area contributed by atoms with Crippen LogP contribution in [0.2, 0.25) is 5.02 Å². The predicted octanol–water partition coefficient (Wildman–Crippen LogP) is 5.36. The van der Waals surface area contributed by atoms with Gasteiger partial charge in [0.1, 0.15) is 11.5 Å². The van der Waals surface area contributed by atoms with Crippen molar-refractivity contribution in [2.75, 3.05) is 0 Å². The fraction of sp³-hybridized carbons (Fsp3) is 0.391. The summed E-state index contributed by atoms with van der Waals surface area (Å²) >= 11 is 6.30. The number of hydrogen-bond acceptors (Lipinski definition) is 4. The molecule has 0 N–H and O–H groups in total. The van der Waals surface area contributed by atoms with Gasteiger partial charge in [0.25, 0.3) is 0 Å². The number of halogens is 1. The van der Waals surface area contributed by atoms with Crippen LogP contribution in [0.1, 0.15) is 56.7 Å². The molecule has 2 aromatic rings. The van der Waals surface area contributed by atoms with Crippen molar-refractivity contribution < 1.29 is 9.53 Å². The van der Waals surface area contributed by atoms with Gasteiger partial charge in [0, 0.05) is 29.8 Å². The number of carbonyl (C=O) groups is 1. The van der Waals surface area contributed by atoms with Gasteiger partial charge in [-0.15, -0.1) is 0 Å². The molecule has 0 aromatic heterocycles. The second-order valence-corrected chi connectivity index (χ2v) is 9.38. The standard InChI is InChI=1S/C23H23ClN2O2/c1-22(2)12-17(27)13-23(14-22)26-20(18-10-16(24)8-9-21(18)28-23)11-19(25-26)15-6-4-3-5-7-15/h3-10,20H,11-14H2,1-2H3. The van der Waals surface area contributed by atoms with Crippen molar-refractivity contribution in [3.8, 4) is 5.75 Å². The largest absolute Gasteiger partial charge is 0.466 e.